The van der Waals surface area contributed by atoms with Gasteiger partial charge in [0.1, 0.15) is 6.54 Å². The normalized spacial score (nSPS) is 23.9. The average Bonchev–Trinajstić information content (AvgIpc) is 3.40. The second-order valence-electron chi connectivity index (χ2n) is 8.03. The molecule has 10 nitrogen and oxygen atoms in total. The summed E-state index contributed by atoms with van der Waals surface area (Å²) >= 11 is 0. The second-order valence-corrected chi connectivity index (χ2v) is 8.03. The summed E-state index contributed by atoms with van der Waals surface area (Å²) in [6.45, 7) is 3.50. The highest BCUT2D eigenvalue weighted by Gasteiger charge is 2.47. The standard InChI is InChI=1S/C20H24FN7O3/c1-10(2)31-15(29)9-28-8-13(6-24-28)25-20-23-7-14(21)19(27-20)26-17-12-4-3-11(5-12)16(17)18(22)30/h3-4,6-8,10-12,16-17H,5,9H2,1-2H3,(H2,22,30)(H2,23,25,26,27)/t11-,12+,16+,17-/m0/s1. The molecule has 0 aliphatic heterocycles. The minimum absolute atomic E-state index is 0.0115. The molecule has 164 valence electrons. The molecule has 2 aromatic heterocycles. The van der Waals surface area contributed by atoms with Gasteiger partial charge in [0, 0.05) is 12.2 Å². The molecule has 2 aromatic rings. The molecule has 1 amide bonds. The van der Waals surface area contributed by atoms with E-state index in [2.05, 4.69) is 25.7 Å². The van der Waals surface area contributed by atoms with Crippen molar-refractivity contribution in [2.75, 3.05) is 10.6 Å². The van der Waals surface area contributed by atoms with E-state index in [1.165, 1.54) is 10.9 Å². The molecule has 0 radical (unpaired) electrons. The predicted octanol–water partition coefficient (Wildman–Crippen LogP) is 1.60. The van der Waals surface area contributed by atoms with Gasteiger partial charge in [-0.2, -0.15) is 10.1 Å². The molecule has 0 aromatic carbocycles. The van der Waals surface area contributed by atoms with Crippen LogP contribution in [0.2, 0.25) is 0 Å². The van der Waals surface area contributed by atoms with Gasteiger partial charge in [-0.3, -0.25) is 14.3 Å². The Hall–Kier alpha value is -3.50. The van der Waals surface area contributed by atoms with Crippen molar-refractivity contribution in [3.8, 4) is 0 Å². The fraction of sp³-hybridized carbons (Fsp3) is 0.450. The first kappa shape index (κ1) is 20.8. The molecule has 2 bridgehead atoms. The molecule has 11 heteroatoms. The van der Waals surface area contributed by atoms with Crippen LogP contribution in [-0.2, 0) is 20.9 Å². The van der Waals surface area contributed by atoms with Crippen LogP contribution < -0.4 is 16.4 Å². The number of fused-ring (bicyclic) bond motifs is 2. The van der Waals surface area contributed by atoms with Crippen molar-refractivity contribution >= 4 is 29.3 Å². The number of nitrogens with two attached hydrogens (primary N) is 1. The summed E-state index contributed by atoms with van der Waals surface area (Å²) in [6, 6.07) is -0.320. The van der Waals surface area contributed by atoms with Gasteiger partial charge in [-0.25, -0.2) is 9.37 Å². The number of nitrogens with zero attached hydrogens (tertiary/aromatic N) is 4. The summed E-state index contributed by atoms with van der Waals surface area (Å²) in [5, 5.41) is 10.1. The number of ether oxygens (including phenoxy) is 1. The Kier molecular flexibility index (Phi) is 5.57. The summed E-state index contributed by atoms with van der Waals surface area (Å²) in [4.78, 5) is 31.8. The Labute approximate surface area is 178 Å². The zero-order valence-electron chi connectivity index (χ0n) is 17.2. The maximum atomic E-state index is 14.4. The Balaban J connectivity index is 1.45. The number of halogens is 1. The highest BCUT2D eigenvalue weighted by Crippen LogP contribution is 2.44. The number of rotatable bonds is 8. The predicted molar refractivity (Wildman–Crippen MR) is 110 cm³/mol. The largest absolute Gasteiger partial charge is 0.462 e. The van der Waals surface area contributed by atoms with E-state index in [0.29, 0.717) is 5.69 Å². The number of allylic oxidation sites excluding steroid dienone is 1. The van der Waals surface area contributed by atoms with Crippen LogP contribution in [0.5, 0.6) is 0 Å². The highest BCUT2D eigenvalue weighted by atomic mass is 19.1. The highest BCUT2D eigenvalue weighted by molar-refractivity contribution is 5.79. The van der Waals surface area contributed by atoms with Crippen LogP contribution >= 0.6 is 0 Å². The number of hydrogen-bond acceptors (Lipinski definition) is 8. The monoisotopic (exact) mass is 429 g/mol. The fourth-order valence-electron chi connectivity index (χ4n) is 4.17. The molecule has 2 aliphatic carbocycles. The molecule has 1 saturated carbocycles. The summed E-state index contributed by atoms with van der Waals surface area (Å²) in [7, 11) is 0. The Bertz CT molecular complexity index is 1020. The quantitative estimate of drug-likeness (QED) is 0.425. The SMILES string of the molecule is CC(C)OC(=O)Cn1cc(Nc2ncc(F)c(N[C@@H]3[C@H](C(N)=O)[C@H]4C=C[C@@H]3C4)n2)cn1. The van der Waals surface area contributed by atoms with Crippen LogP contribution in [-0.4, -0.2) is 43.8 Å². The van der Waals surface area contributed by atoms with Crippen LogP contribution in [0.3, 0.4) is 0 Å². The number of aromatic nitrogens is 4. The Morgan fingerprint density at radius 1 is 1.32 bits per heavy atom. The van der Waals surface area contributed by atoms with E-state index in [4.69, 9.17) is 10.5 Å². The number of hydrogen-bond donors (Lipinski definition) is 3. The van der Waals surface area contributed by atoms with Crippen molar-refractivity contribution < 1.29 is 18.7 Å². The van der Waals surface area contributed by atoms with Crippen LogP contribution in [0, 0.1) is 23.6 Å². The third-order valence-electron chi connectivity index (χ3n) is 5.38. The minimum Gasteiger partial charge on any atom is -0.462 e. The van der Waals surface area contributed by atoms with Crippen molar-refractivity contribution in [2.24, 2.45) is 23.5 Å². The number of esters is 1. The molecule has 4 rings (SSSR count). The molecule has 0 spiro atoms. The van der Waals surface area contributed by atoms with Crippen molar-refractivity contribution in [3.63, 3.8) is 0 Å². The molecule has 2 heterocycles. The lowest BCUT2D eigenvalue weighted by Crippen LogP contribution is -2.41. The van der Waals surface area contributed by atoms with Gasteiger partial charge in [0.15, 0.2) is 11.6 Å². The van der Waals surface area contributed by atoms with E-state index in [0.717, 1.165) is 12.6 Å². The smallest absolute Gasteiger partial charge is 0.328 e. The van der Waals surface area contributed by atoms with Gasteiger partial charge in [0.05, 0.1) is 30.1 Å². The number of carbonyl (C=O) groups excluding carboxylic acids is 2. The Morgan fingerprint density at radius 3 is 2.84 bits per heavy atom. The van der Waals surface area contributed by atoms with Gasteiger partial charge in [0.25, 0.3) is 0 Å². The van der Waals surface area contributed by atoms with Gasteiger partial charge >= 0.3 is 5.97 Å². The van der Waals surface area contributed by atoms with Crippen molar-refractivity contribution in [1.82, 2.24) is 19.7 Å². The molecule has 31 heavy (non-hydrogen) atoms. The third kappa shape index (κ3) is 4.49. The van der Waals surface area contributed by atoms with Gasteiger partial charge in [-0.05, 0) is 32.1 Å². The maximum absolute atomic E-state index is 14.4. The van der Waals surface area contributed by atoms with E-state index in [1.807, 2.05) is 12.2 Å². The van der Waals surface area contributed by atoms with E-state index in [1.54, 1.807) is 20.0 Å². The van der Waals surface area contributed by atoms with Crippen LogP contribution in [0.25, 0.3) is 0 Å². The van der Waals surface area contributed by atoms with Crippen LogP contribution in [0.1, 0.15) is 20.3 Å². The van der Waals surface area contributed by atoms with Gasteiger partial charge in [-0.1, -0.05) is 12.2 Å². The molecule has 0 saturated heterocycles. The van der Waals surface area contributed by atoms with E-state index < -0.39 is 23.6 Å². The zero-order valence-corrected chi connectivity index (χ0v) is 17.2. The first-order valence-electron chi connectivity index (χ1n) is 10.1. The van der Waals surface area contributed by atoms with Gasteiger partial charge in [-0.15, -0.1) is 0 Å². The fourth-order valence-corrected chi connectivity index (χ4v) is 4.17. The van der Waals surface area contributed by atoms with Gasteiger partial charge < -0.3 is 21.1 Å². The third-order valence-corrected chi connectivity index (χ3v) is 5.38. The van der Waals surface area contributed by atoms with Crippen LogP contribution in [0.15, 0.2) is 30.7 Å². The van der Waals surface area contributed by atoms with E-state index in [-0.39, 0.29) is 42.3 Å². The lowest BCUT2D eigenvalue weighted by atomic mass is 9.88. The molecule has 1 fully saturated rings. The Morgan fingerprint density at radius 2 is 2.10 bits per heavy atom. The van der Waals surface area contributed by atoms with Crippen molar-refractivity contribution in [1.29, 1.82) is 0 Å². The number of nitrogens with one attached hydrogen (secondary N) is 2. The van der Waals surface area contributed by atoms with Crippen LogP contribution in [0.4, 0.5) is 21.8 Å². The van der Waals surface area contributed by atoms with Crippen molar-refractivity contribution in [2.45, 2.75) is 39.0 Å². The van der Waals surface area contributed by atoms with Crippen molar-refractivity contribution in [3.05, 3.63) is 36.6 Å². The number of carbonyl (C=O) groups is 2. The summed E-state index contributed by atoms with van der Waals surface area (Å²) < 4.78 is 20.9. The zero-order chi connectivity index (χ0) is 22.1. The molecular formula is C20H24FN7O3. The average molecular weight is 429 g/mol. The minimum atomic E-state index is -0.632. The number of anilines is 3. The molecule has 2 aliphatic rings. The maximum Gasteiger partial charge on any atom is 0.328 e. The second kappa shape index (κ2) is 8.32. The summed E-state index contributed by atoms with van der Waals surface area (Å²) in [6.07, 6.45) is 8.75. The summed E-state index contributed by atoms with van der Waals surface area (Å²) in [5.41, 5.74) is 6.09. The molecule has 4 atom stereocenters. The molecular weight excluding hydrogens is 405 g/mol. The first-order chi connectivity index (χ1) is 14.8. The number of amides is 1. The summed E-state index contributed by atoms with van der Waals surface area (Å²) in [5.74, 6) is -1.57. The van der Waals surface area contributed by atoms with E-state index in [9.17, 15) is 14.0 Å². The first-order valence-corrected chi connectivity index (χ1v) is 10.1. The molecule has 4 N–H and O–H groups in total. The number of primary amides is 1. The van der Waals surface area contributed by atoms with Gasteiger partial charge in [0.2, 0.25) is 11.9 Å². The lowest BCUT2D eigenvalue weighted by molar-refractivity contribution is -0.148. The topological polar surface area (TPSA) is 137 Å². The lowest BCUT2D eigenvalue weighted by Gasteiger charge is -2.27. The van der Waals surface area contributed by atoms with E-state index >= 15 is 0 Å². The molecule has 0 unspecified atom stereocenters.